The van der Waals surface area contributed by atoms with Gasteiger partial charge in [0.2, 0.25) is 0 Å². The molecule has 3 fully saturated rings. The first-order valence-corrected chi connectivity index (χ1v) is 13.6. The predicted octanol–water partition coefficient (Wildman–Crippen LogP) is 5.76. The van der Waals surface area contributed by atoms with Crippen LogP contribution in [0.25, 0.3) is 0 Å². The van der Waals surface area contributed by atoms with Gasteiger partial charge in [-0.25, -0.2) is 0 Å². The first-order chi connectivity index (χ1) is 17.8. The Morgan fingerprint density at radius 1 is 0.892 bits per heavy atom. The summed E-state index contributed by atoms with van der Waals surface area (Å²) in [4.78, 5) is 12.3. The van der Waals surface area contributed by atoms with Crippen LogP contribution in [0.5, 0.6) is 0 Å². The molecule has 0 bridgehead atoms. The molecule has 0 aromatic heterocycles. The molecule has 0 aliphatic carbocycles. The molecule has 0 spiro atoms. The molecule has 5 rings (SSSR count). The fourth-order valence-corrected chi connectivity index (χ4v) is 6.14. The van der Waals surface area contributed by atoms with Crippen molar-refractivity contribution < 1.29 is 28.5 Å². The normalized spacial score (nSPS) is 35.6. The lowest BCUT2D eigenvalue weighted by atomic mass is 9.73. The molecular weight excluding hydrogens is 468 g/mol. The molecule has 200 valence electrons. The van der Waals surface area contributed by atoms with Gasteiger partial charge in [-0.05, 0) is 44.7 Å². The van der Waals surface area contributed by atoms with Crippen LogP contribution in [0.15, 0.2) is 60.7 Å². The first kappa shape index (κ1) is 26.4. The maximum absolute atomic E-state index is 12.3. The van der Waals surface area contributed by atoms with Gasteiger partial charge in [0.15, 0.2) is 0 Å². The third kappa shape index (κ3) is 5.93. The summed E-state index contributed by atoms with van der Waals surface area (Å²) in [7, 11) is 0. The number of fused-ring (bicyclic) bond motifs is 2. The van der Waals surface area contributed by atoms with Crippen LogP contribution in [-0.2, 0) is 41.7 Å². The van der Waals surface area contributed by atoms with Crippen LogP contribution in [0.4, 0.5) is 0 Å². The van der Waals surface area contributed by atoms with Crippen LogP contribution in [-0.4, -0.2) is 47.7 Å². The highest BCUT2D eigenvalue weighted by molar-refractivity contribution is 5.70. The monoisotopic (exact) mass is 508 g/mol. The van der Waals surface area contributed by atoms with Gasteiger partial charge < -0.3 is 23.7 Å². The second kappa shape index (κ2) is 10.9. The third-order valence-electron chi connectivity index (χ3n) is 8.42. The van der Waals surface area contributed by atoms with E-state index in [2.05, 4.69) is 45.0 Å². The summed E-state index contributed by atoms with van der Waals surface area (Å²) in [6, 6.07) is 20.4. The van der Waals surface area contributed by atoms with Crippen molar-refractivity contribution in [1.29, 1.82) is 0 Å². The Morgan fingerprint density at radius 3 is 2.27 bits per heavy atom. The van der Waals surface area contributed by atoms with E-state index in [1.165, 1.54) is 0 Å². The van der Waals surface area contributed by atoms with Crippen LogP contribution < -0.4 is 0 Å². The maximum Gasteiger partial charge on any atom is 0.306 e. The SMILES string of the molecule is C[C@@]12CCCC(=O)O[C@H]1C[C@H]1O[C@@](C)(CCOCc3ccccc3)[C@H](OCc3ccccc3)C[C@]1(C)O2. The smallest absolute Gasteiger partial charge is 0.306 e. The summed E-state index contributed by atoms with van der Waals surface area (Å²) < 4.78 is 32.2. The highest BCUT2D eigenvalue weighted by Crippen LogP contribution is 2.50. The molecule has 2 aromatic carbocycles. The summed E-state index contributed by atoms with van der Waals surface area (Å²) in [6.45, 7) is 7.97. The lowest BCUT2D eigenvalue weighted by Gasteiger charge is -2.59. The Labute approximate surface area is 220 Å². The number of esters is 1. The largest absolute Gasteiger partial charge is 0.459 e. The molecule has 3 saturated heterocycles. The van der Waals surface area contributed by atoms with Crippen molar-refractivity contribution in [2.24, 2.45) is 0 Å². The highest BCUT2D eigenvalue weighted by Gasteiger charge is 2.60. The first-order valence-electron chi connectivity index (χ1n) is 13.6. The lowest BCUT2D eigenvalue weighted by Crippen LogP contribution is -2.69. The van der Waals surface area contributed by atoms with Gasteiger partial charge in [-0.15, -0.1) is 0 Å². The van der Waals surface area contributed by atoms with Crippen molar-refractivity contribution in [2.45, 2.75) is 108 Å². The van der Waals surface area contributed by atoms with Crippen molar-refractivity contribution in [2.75, 3.05) is 6.61 Å². The minimum absolute atomic E-state index is 0.141. The fourth-order valence-electron chi connectivity index (χ4n) is 6.14. The summed E-state index contributed by atoms with van der Waals surface area (Å²) >= 11 is 0. The van der Waals surface area contributed by atoms with Gasteiger partial charge in [0.1, 0.15) is 11.7 Å². The Balaban J connectivity index is 1.32. The molecule has 6 heteroatoms. The van der Waals surface area contributed by atoms with Gasteiger partial charge in [0, 0.05) is 32.3 Å². The number of carbonyl (C=O) groups excluding carboxylic acids is 1. The number of hydrogen-bond acceptors (Lipinski definition) is 6. The zero-order chi connectivity index (χ0) is 25.9. The van der Waals surface area contributed by atoms with Gasteiger partial charge in [0.05, 0.1) is 36.6 Å². The minimum atomic E-state index is -0.568. The Hall–Kier alpha value is -2.25. The van der Waals surface area contributed by atoms with E-state index >= 15 is 0 Å². The molecule has 0 N–H and O–H groups in total. The molecule has 0 unspecified atom stereocenters. The topological polar surface area (TPSA) is 63.2 Å². The molecule has 3 aliphatic heterocycles. The quantitative estimate of drug-likeness (QED) is 0.334. The number of ether oxygens (including phenoxy) is 5. The van der Waals surface area contributed by atoms with Gasteiger partial charge in [-0.2, -0.15) is 0 Å². The molecular formula is C31H40O6. The minimum Gasteiger partial charge on any atom is -0.459 e. The van der Waals surface area contributed by atoms with E-state index in [9.17, 15) is 4.79 Å². The van der Waals surface area contributed by atoms with Crippen molar-refractivity contribution >= 4 is 5.97 Å². The van der Waals surface area contributed by atoms with E-state index < -0.39 is 16.8 Å². The van der Waals surface area contributed by atoms with Crippen molar-refractivity contribution in [3.05, 3.63) is 71.8 Å². The summed E-state index contributed by atoms with van der Waals surface area (Å²) in [5.74, 6) is -0.141. The van der Waals surface area contributed by atoms with Crippen LogP contribution in [0.3, 0.4) is 0 Å². The van der Waals surface area contributed by atoms with Crippen molar-refractivity contribution in [1.82, 2.24) is 0 Å². The van der Waals surface area contributed by atoms with Crippen LogP contribution in [0.2, 0.25) is 0 Å². The summed E-state index contributed by atoms with van der Waals surface area (Å²) in [5.41, 5.74) is 0.661. The van der Waals surface area contributed by atoms with E-state index in [1.807, 2.05) is 36.4 Å². The van der Waals surface area contributed by atoms with Crippen LogP contribution in [0, 0.1) is 0 Å². The van der Waals surface area contributed by atoms with E-state index in [0.29, 0.717) is 45.5 Å². The Bertz CT molecular complexity index is 1040. The van der Waals surface area contributed by atoms with E-state index in [-0.39, 0.29) is 24.3 Å². The van der Waals surface area contributed by atoms with Gasteiger partial charge in [0.25, 0.3) is 0 Å². The molecule has 6 atom stereocenters. The maximum atomic E-state index is 12.3. The Kier molecular flexibility index (Phi) is 7.73. The third-order valence-corrected chi connectivity index (χ3v) is 8.42. The molecule has 3 heterocycles. The number of rotatable bonds is 8. The molecule has 0 radical (unpaired) electrons. The second-order valence-corrected chi connectivity index (χ2v) is 11.5. The van der Waals surface area contributed by atoms with Gasteiger partial charge in [-0.3, -0.25) is 4.79 Å². The average Bonchev–Trinajstić information content (AvgIpc) is 3.02. The number of carbonyl (C=O) groups is 1. The predicted molar refractivity (Wildman–Crippen MR) is 140 cm³/mol. The lowest BCUT2D eigenvalue weighted by molar-refractivity contribution is -0.339. The number of hydrogen-bond donors (Lipinski definition) is 0. The second-order valence-electron chi connectivity index (χ2n) is 11.5. The average molecular weight is 509 g/mol. The van der Waals surface area contributed by atoms with Crippen LogP contribution in [0.1, 0.15) is 70.4 Å². The van der Waals surface area contributed by atoms with Crippen molar-refractivity contribution in [3.63, 3.8) is 0 Å². The summed E-state index contributed by atoms with van der Waals surface area (Å²) in [5, 5.41) is 0. The van der Waals surface area contributed by atoms with Gasteiger partial charge >= 0.3 is 5.97 Å². The standard InChI is InChI=1S/C31H40O6/c1-29(17-18-33-21-23-11-6-4-7-12-23)27(34-22-24-13-8-5-9-14-24)20-31(3)26(36-29)19-25-30(2,37-31)16-10-15-28(32)35-25/h4-9,11-14,25-27H,10,15-22H2,1-3H3/t25-,26+,27+,29-,30+,31-/m0/s1. The van der Waals surface area contributed by atoms with E-state index in [0.717, 1.165) is 24.0 Å². The molecule has 0 amide bonds. The molecule has 3 aliphatic rings. The van der Waals surface area contributed by atoms with Crippen LogP contribution >= 0.6 is 0 Å². The highest BCUT2D eigenvalue weighted by atomic mass is 16.6. The zero-order valence-electron chi connectivity index (χ0n) is 22.3. The number of benzene rings is 2. The molecule has 6 nitrogen and oxygen atoms in total. The van der Waals surface area contributed by atoms with E-state index in [4.69, 9.17) is 23.7 Å². The van der Waals surface area contributed by atoms with E-state index in [1.54, 1.807) is 0 Å². The van der Waals surface area contributed by atoms with Gasteiger partial charge in [-0.1, -0.05) is 60.7 Å². The Morgan fingerprint density at radius 2 is 1.57 bits per heavy atom. The molecule has 0 saturated carbocycles. The summed E-state index contributed by atoms with van der Waals surface area (Å²) in [6.07, 6.45) is 3.35. The molecule has 37 heavy (non-hydrogen) atoms. The zero-order valence-corrected chi connectivity index (χ0v) is 22.3. The molecule has 2 aromatic rings. The fraction of sp³-hybridized carbons (Fsp3) is 0.581. The van der Waals surface area contributed by atoms with Crippen molar-refractivity contribution in [3.8, 4) is 0 Å².